The molecule has 8 heteroatoms. The Morgan fingerprint density at radius 2 is 2.00 bits per heavy atom. The van der Waals surface area contributed by atoms with Crippen molar-refractivity contribution in [3.05, 3.63) is 29.8 Å². The van der Waals surface area contributed by atoms with Crippen LogP contribution < -0.4 is 10.2 Å². The Hall–Kier alpha value is -2.25. The van der Waals surface area contributed by atoms with Gasteiger partial charge in [-0.25, -0.2) is 9.97 Å². The van der Waals surface area contributed by atoms with Crippen molar-refractivity contribution in [2.75, 3.05) is 31.1 Å². The van der Waals surface area contributed by atoms with E-state index in [0.717, 1.165) is 42.9 Å². The maximum atomic E-state index is 6.21. The molecule has 0 saturated carbocycles. The van der Waals surface area contributed by atoms with Gasteiger partial charge in [-0.15, -0.1) is 0 Å². The van der Waals surface area contributed by atoms with Gasteiger partial charge in [0.2, 0.25) is 0 Å². The van der Waals surface area contributed by atoms with Gasteiger partial charge in [0.05, 0.1) is 23.5 Å². The van der Waals surface area contributed by atoms with E-state index in [1.165, 1.54) is 19.3 Å². The second kappa shape index (κ2) is 6.17. The molecule has 2 fully saturated rings. The highest BCUT2D eigenvalue weighted by Gasteiger charge is 2.37. The largest absolute Gasteiger partial charge is 0.356 e. The molecule has 3 aromatic rings. The predicted octanol–water partition coefficient (Wildman–Crippen LogP) is 2.65. The van der Waals surface area contributed by atoms with Gasteiger partial charge in [0.1, 0.15) is 11.0 Å². The lowest BCUT2D eigenvalue weighted by Crippen LogP contribution is -2.41. The minimum Gasteiger partial charge on any atom is -0.356 e. The van der Waals surface area contributed by atoms with Crippen molar-refractivity contribution in [1.82, 2.24) is 30.5 Å². The van der Waals surface area contributed by atoms with Crippen LogP contribution in [0.5, 0.6) is 0 Å². The molecule has 2 aliphatic heterocycles. The van der Waals surface area contributed by atoms with Gasteiger partial charge in [0.25, 0.3) is 0 Å². The standard InChI is InChI=1S/C18H20ClN7/c19-15-13(9-22-25-15)16-23-14-10-20-5-1-12(14)17(24-16)26-7-3-18(4-8-26)2-6-21-11-18/h1,5,9-10,21H,2-4,6-8,11H2,(H,22,25). The van der Waals surface area contributed by atoms with Crippen LogP contribution in [0.1, 0.15) is 19.3 Å². The van der Waals surface area contributed by atoms with Crippen LogP contribution in [-0.4, -0.2) is 51.3 Å². The predicted molar refractivity (Wildman–Crippen MR) is 101 cm³/mol. The van der Waals surface area contributed by atoms with Crippen molar-refractivity contribution in [1.29, 1.82) is 0 Å². The summed E-state index contributed by atoms with van der Waals surface area (Å²) in [5.41, 5.74) is 2.01. The number of aromatic nitrogens is 5. The molecule has 5 rings (SSSR count). The number of piperidine rings is 1. The zero-order valence-corrected chi connectivity index (χ0v) is 15.1. The average molecular weight is 370 g/mol. The van der Waals surface area contributed by atoms with Gasteiger partial charge in [-0.2, -0.15) is 5.10 Å². The van der Waals surface area contributed by atoms with Gasteiger partial charge in [-0.05, 0) is 37.3 Å². The van der Waals surface area contributed by atoms with Crippen LogP contribution in [0.15, 0.2) is 24.7 Å². The molecular formula is C18H20ClN7. The average Bonchev–Trinajstić information content (AvgIpc) is 3.31. The fourth-order valence-corrected chi connectivity index (χ4v) is 4.35. The first kappa shape index (κ1) is 16.0. The van der Waals surface area contributed by atoms with E-state index in [4.69, 9.17) is 16.6 Å². The first-order valence-corrected chi connectivity index (χ1v) is 9.39. The highest BCUT2D eigenvalue weighted by atomic mass is 35.5. The molecule has 0 aliphatic carbocycles. The van der Waals surface area contributed by atoms with Crippen LogP contribution in [0.4, 0.5) is 5.82 Å². The number of fused-ring (bicyclic) bond motifs is 1. The number of hydrogen-bond donors (Lipinski definition) is 2. The quantitative estimate of drug-likeness (QED) is 0.722. The van der Waals surface area contributed by atoms with Gasteiger partial charge in [-0.1, -0.05) is 11.6 Å². The number of aromatic amines is 1. The summed E-state index contributed by atoms with van der Waals surface area (Å²) in [7, 11) is 0. The minimum absolute atomic E-state index is 0.453. The normalized spacial score (nSPS) is 19.5. The van der Waals surface area contributed by atoms with E-state index in [1.54, 1.807) is 18.6 Å². The number of nitrogens with zero attached hydrogens (tertiary/aromatic N) is 5. The molecular weight excluding hydrogens is 350 g/mol. The Morgan fingerprint density at radius 1 is 1.12 bits per heavy atom. The molecule has 0 atom stereocenters. The summed E-state index contributed by atoms with van der Waals surface area (Å²) in [5.74, 6) is 1.55. The van der Waals surface area contributed by atoms with E-state index < -0.39 is 0 Å². The smallest absolute Gasteiger partial charge is 0.166 e. The molecule has 26 heavy (non-hydrogen) atoms. The third-order valence-electron chi connectivity index (χ3n) is 5.77. The number of pyridine rings is 1. The van der Waals surface area contributed by atoms with Crippen molar-refractivity contribution in [3.8, 4) is 11.4 Å². The molecule has 7 nitrogen and oxygen atoms in total. The summed E-state index contributed by atoms with van der Waals surface area (Å²) in [6.07, 6.45) is 8.91. The lowest BCUT2D eigenvalue weighted by Gasteiger charge is -2.39. The second-order valence-corrected chi connectivity index (χ2v) is 7.65. The van der Waals surface area contributed by atoms with E-state index in [9.17, 15) is 0 Å². The zero-order valence-electron chi connectivity index (χ0n) is 14.4. The number of hydrogen-bond acceptors (Lipinski definition) is 6. The Bertz CT molecular complexity index is 938. The third kappa shape index (κ3) is 2.62. The Morgan fingerprint density at radius 3 is 2.73 bits per heavy atom. The Kier molecular flexibility index (Phi) is 3.79. The third-order valence-corrected chi connectivity index (χ3v) is 6.06. The van der Waals surface area contributed by atoms with Gasteiger partial charge in [-0.3, -0.25) is 10.1 Å². The van der Waals surface area contributed by atoms with Crippen LogP contribution in [0.3, 0.4) is 0 Å². The van der Waals surface area contributed by atoms with Crippen molar-refractivity contribution < 1.29 is 0 Å². The van der Waals surface area contributed by atoms with Gasteiger partial charge in [0, 0.05) is 31.2 Å². The molecule has 0 amide bonds. The van der Waals surface area contributed by atoms with Crippen LogP contribution in [0.2, 0.25) is 5.15 Å². The first-order chi connectivity index (χ1) is 12.7. The van der Waals surface area contributed by atoms with Crippen molar-refractivity contribution >= 4 is 28.3 Å². The summed E-state index contributed by atoms with van der Waals surface area (Å²) < 4.78 is 0. The number of anilines is 1. The second-order valence-electron chi connectivity index (χ2n) is 7.28. The van der Waals surface area contributed by atoms with E-state index in [1.807, 2.05) is 6.07 Å². The van der Waals surface area contributed by atoms with Crippen LogP contribution in [0.25, 0.3) is 22.3 Å². The fraction of sp³-hybridized carbons (Fsp3) is 0.444. The number of halogens is 1. The lowest BCUT2D eigenvalue weighted by molar-refractivity contribution is 0.247. The maximum absolute atomic E-state index is 6.21. The molecule has 134 valence electrons. The summed E-state index contributed by atoms with van der Waals surface area (Å²) in [4.78, 5) is 16.1. The molecule has 2 aliphatic rings. The number of rotatable bonds is 2. The van der Waals surface area contributed by atoms with Crippen LogP contribution >= 0.6 is 11.6 Å². The fourth-order valence-electron chi connectivity index (χ4n) is 4.17. The van der Waals surface area contributed by atoms with Gasteiger partial charge in [0.15, 0.2) is 5.82 Å². The molecule has 3 aromatic heterocycles. The molecule has 0 unspecified atom stereocenters. The van der Waals surface area contributed by atoms with E-state index in [0.29, 0.717) is 22.0 Å². The molecule has 2 N–H and O–H groups in total. The monoisotopic (exact) mass is 369 g/mol. The topological polar surface area (TPSA) is 82.6 Å². The highest BCUT2D eigenvalue weighted by Crippen LogP contribution is 2.39. The van der Waals surface area contributed by atoms with E-state index in [2.05, 4.69) is 30.4 Å². The summed E-state index contributed by atoms with van der Waals surface area (Å²) in [6, 6.07) is 1.99. The molecule has 0 radical (unpaired) electrons. The first-order valence-electron chi connectivity index (χ1n) is 9.01. The van der Waals surface area contributed by atoms with Crippen LogP contribution in [-0.2, 0) is 0 Å². The summed E-state index contributed by atoms with van der Waals surface area (Å²) >= 11 is 6.21. The number of nitrogens with one attached hydrogen (secondary N) is 2. The molecule has 5 heterocycles. The molecule has 0 bridgehead atoms. The van der Waals surface area contributed by atoms with Crippen molar-refractivity contribution in [2.24, 2.45) is 5.41 Å². The maximum Gasteiger partial charge on any atom is 0.166 e. The highest BCUT2D eigenvalue weighted by molar-refractivity contribution is 6.31. The molecule has 0 aromatic carbocycles. The van der Waals surface area contributed by atoms with E-state index in [-0.39, 0.29) is 0 Å². The zero-order chi connectivity index (χ0) is 17.6. The van der Waals surface area contributed by atoms with Crippen molar-refractivity contribution in [3.63, 3.8) is 0 Å². The molecule has 2 saturated heterocycles. The lowest BCUT2D eigenvalue weighted by atomic mass is 9.78. The SMILES string of the molecule is Clc1[nH]ncc1-c1nc(N2CCC3(CCNC3)CC2)c2ccncc2n1. The van der Waals surface area contributed by atoms with Crippen LogP contribution in [0, 0.1) is 5.41 Å². The van der Waals surface area contributed by atoms with Crippen molar-refractivity contribution in [2.45, 2.75) is 19.3 Å². The van der Waals surface area contributed by atoms with Gasteiger partial charge >= 0.3 is 0 Å². The minimum atomic E-state index is 0.453. The van der Waals surface area contributed by atoms with Gasteiger partial charge < -0.3 is 10.2 Å². The summed E-state index contributed by atoms with van der Waals surface area (Å²) in [6.45, 7) is 4.31. The Labute approximate surface area is 156 Å². The number of H-pyrrole nitrogens is 1. The van der Waals surface area contributed by atoms with E-state index >= 15 is 0 Å². The summed E-state index contributed by atoms with van der Waals surface area (Å²) in [5, 5.41) is 11.7. The Balaban J connectivity index is 1.55. The molecule has 1 spiro atoms.